The number of benzene rings is 1. The predicted molar refractivity (Wildman–Crippen MR) is 110 cm³/mol. The predicted octanol–water partition coefficient (Wildman–Crippen LogP) is 5.23. The number of para-hydroxylation sites is 1. The lowest BCUT2D eigenvalue weighted by Crippen LogP contribution is -2.21. The minimum Gasteiger partial charge on any atom is -0.496 e. The number of hydrogen-bond acceptors (Lipinski definition) is 3. The van der Waals surface area contributed by atoms with Crippen LogP contribution in [0.2, 0.25) is 0 Å². The van der Waals surface area contributed by atoms with Crippen molar-refractivity contribution in [2.45, 2.75) is 56.5 Å². The van der Waals surface area contributed by atoms with Crippen LogP contribution in [0, 0.1) is 5.92 Å². The monoisotopic (exact) mass is 376 g/mol. The van der Waals surface area contributed by atoms with Gasteiger partial charge in [0.2, 0.25) is 0 Å². The van der Waals surface area contributed by atoms with Crippen molar-refractivity contribution < 1.29 is 9.84 Å². The number of ether oxygens (including phenoxy) is 1. The fraction of sp³-hybridized carbons (Fsp3) is 0.458. The molecule has 2 heterocycles. The number of aliphatic hydroxyl groups is 1. The molecular formula is C24H28N2O2. The topological polar surface area (TPSA) is 46.8 Å². The number of imidazole rings is 1. The molecule has 4 nitrogen and oxygen atoms in total. The smallest absolute Gasteiger partial charge is 0.122 e. The highest BCUT2D eigenvalue weighted by atomic mass is 16.5. The standard InChI is InChI=1S/C24H28N2O2/c1-28-22-5-3-2-4-19(22)16-8-10-18(11-9-16)24(27)23-20(17-6-7-17)12-13-26-15-25-14-21(23)26/h2-5,12-18,24,27H,6-11H2,1H3/t16?,18?,24-/m0/s1. The molecule has 1 atom stereocenters. The van der Waals surface area contributed by atoms with Crippen molar-refractivity contribution in [1.82, 2.24) is 9.38 Å². The summed E-state index contributed by atoms with van der Waals surface area (Å²) in [5, 5.41) is 11.4. The molecule has 3 aromatic rings. The number of hydrogen-bond donors (Lipinski definition) is 1. The van der Waals surface area contributed by atoms with Gasteiger partial charge in [-0.15, -0.1) is 0 Å². The Labute approximate surface area is 166 Å². The zero-order chi connectivity index (χ0) is 19.1. The lowest BCUT2D eigenvalue weighted by atomic mass is 9.74. The Bertz CT molecular complexity index is 968. The van der Waals surface area contributed by atoms with Crippen LogP contribution in [0.1, 0.15) is 73.2 Å². The number of pyridine rings is 1. The first-order valence-electron chi connectivity index (χ1n) is 10.5. The van der Waals surface area contributed by atoms with Crippen molar-refractivity contribution in [3.63, 3.8) is 0 Å². The molecule has 1 aromatic carbocycles. The number of methoxy groups -OCH3 is 1. The summed E-state index contributed by atoms with van der Waals surface area (Å²) in [6.07, 6.45) is 12.2. The molecule has 0 spiro atoms. The van der Waals surface area contributed by atoms with Crippen LogP contribution in [-0.2, 0) is 0 Å². The van der Waals surface area contributed by atoms with Crippen molar-refractivity contribution in [2.75, 3.05) is 7.11 Å². The second-order valence-electron chi connectivity index (χ2n) is 8.44. The lowest BCUT2D eigenvalue weighted by molar-refractivity contribution is 0.0808. The van der Waals surface area contributed by atoms with Gasteiger partial charge < -0.3 is 14.2 Å². The van der Waals surface area contributed by atoms with E-state index in [1.807, 2.05) is 23.0 Å². The van der Waals surface area contributed by atoms with Crippen LogP contribution >= 0.6 is 0 Å². The van der Waals surface area contributed by atoms with Gasteiger partial charge in [0.25, 0.3) is 0 Å². The van der Waals surface area contributed by atoms with Crippen LogP contribution < -0.4 is 4.74 Å². The summed E-state index contributed by atoms with van der Waals surface area (Å²) < 4.78 is 7.62. The molecule has 5 rings (SSSR count). The van der Waals surface area contributed by atoms with Gasteiger partial charge in [0.1, 0.15) is 5.75 Å². The van der Waals surface area contributed by atoms with Crippen LogP contribution in [-0.4, -0.2) is 21.6 Å². The van der Waals surface area contributed by atoms with Gasteiger partial charge in [-0.2, -0.15) is 0 Å². The van der Waals surface area contributed by atoms with Gasteiger partial charge in [0.05, 0.1) is 31.3 Å². The molecule has 0 saturated heterocycles. The summed E-state index contributed by atoms with van der Waals surface area (Å²) in [6, 6.07) is 10.6. The van der Waals surface area contributed by atoms with E-state index in [0.717, 1.165) is 42.5 Å². The largest absolute Gasteiger partial charge is 0.496 e. The normalized spacial score (nSPS) is 23.6. The van der Waals surface area contributed by atoms with Crippen LogP contribution in [0.3, 0.4) is 0 Å². The molecule has 0 amide bonds. The molecule has 28 heavy (non-hydrogen) atoms. The lowest BCUT2D eigenvalue weighted by Gasteiger charge is -2.33. The maximum absolute atomic E-state index is 11.4. The maximum atomic E-state index is 11.4. The summed E-state index contributed by atoms with van der Waals surface area (Å²) >= 11 is 0. The average molecular weight is 377 g/mol. The molecule has 0 aliphatic heterocycles. The minimum atomic E-state index is -0.408. The Hall–Kier alpha value is -2.33. The zero-order valence-corrected chi connectivity index (χ0v) is 16.4. The summed E-state index contributed by atoms with van der Waals surface area (Å²) in [4.78, 5) is 4.32. The van der Waals surface area contributed by atoms with Crippen molar-refractivity contribution in [2.24, 2.45) is 5.92 Å². The van der Waals surface area contributed by atoms with E-state index in [2.05, 4.69) is 35.4 Å². The first-order valence-corrected chi connectivity index (χ1v) is 10.5. The Morgan fingerprint density at radius 3 is 2.46 bits per heavy atom. The van der Waals surface area contributed by atoms with E-state index < -0.39 is 6.10 Å². The third-order valence-corrected chi connectivity index (χ3v) is 6.78. The summed E-state index contributed by atoms with van der Waals surface area (Å²) in [5.41, 5.74) is 4.86. The Balaban J connectivity index is 1.38. The van der Waals surface area contributed by atoms with Crippen molar-refractivity contribution in [3.05, 3.63) is 65.7 Å². The summed E-state index contributed by atoms with van der Waals surface area (Å²) in [7, 11) is 1.75. The molecular weight excluding hydrogens is 348 g/mol. The number of fused-ring (bicyclic) bond motifs is 1. The van der Waals surface area contributed by atoms with E-state index in [-0.39, 0.29) is 0 Å². The van der Waals surface area contributed by atoms with Crippen LogP contribution in [0.25, 0.3) is 5.52 Å². The van der Waals surface area contributed by atoms with Crippen molar-refractivity contribution in [3.8, 4) is 5.75 Å². The SMILES string of the molecule is COc1ccccc1C1CCC([C@H](O)c2c(C3CC3)ccn3cncc23)CC1. The van der Waals surface area contributed by atoms with E-state index in [1.54, 1.807) is 7.11 Å². The van der Waals surface area contributed by atoms with Gasteiger partial charge in [-0.05, 0) is 79.5 Å². The Kier molecular flexibility index (Phi) is 4.59. The fourth-order valence-corrected chi connectivity index (χ4v) is 5.09. The van der Waals surface area contributed by atoms with Crippen molar-refractivity contribution in [1.29, 1.82) is 0 Å². The Morgan fingerprint density at radius 2 is 1.71 bits per heavy atom. The highest BCUT2D eigenvalue weighted by molar-refractivity contribution is 5.59. The van der Waals surface area contributed by atoms with E-state index >= 15 is 0 Å². The first kappa shape index (κ1) is 17.7. The van der Waals surface area contributed by atoms with Crippen LogP contribution in [0.5, 0.6) is 5.75 Å². The van der Waals surface area contributed by atoms with Gasteiger partial charge >= 0.3 is 0 Å². The third-order valence-electron chi connectivity index (χ3n) is 6.78. The maximum Gasteiger partial charge on any atom is 0.122 e. The molecule has 1 N–H and O–H groups in total. The number of nitrogens with zero attached hydrogens (tertiary/aromatic N) is 2. The van der Waals surface area contributed by atoms with Gasteiger partial charge in [0, 0.05) is 11.8 Å². The van der Waals surface area contributed by atoms with Gasteiger partial charge in [0.15, 0.2) is 0 Å². The van der Waals surface area contributed by atoms with Gasteiger partial charge in [-0.25, -0.2) is 4.98 Å². The first-order chi connectivity index (χ1) is 13.8. The molecule has 0 bridgehead atoms. The molecule has 2 saturated carbocycles. The van der Waals surface area contributed by atoms with E-state index in [9.17, 15) is 5.11 Å². The number of aromatic nitrogens is 2. The molecule has 0 radical (unpaired) electrons. The van der Waals surface area contributed by atoms with E-state index in [1.165, 1.54) is 24.0 Å². The Morgan fingerprint density at radius 1 is 1.00 bits per heavy atom. The van der Waals surface area contributed by atoms with Crippen molar-refractivity contribution >= 4 is 5.52 Å². The molecule has 4 heteroatoms. The second-order valence-corrected chi connectivity index (χ2v) is 8.44. The zero-order valence-electron chi connectivity index (χ0n) is 16.4. The molecule has 2 aliphatic rings. The van der Waals surface area contributed by atoms with Crippen LogP contribution in [0.15, 0.2) is 49.1 Å². The summed E-state index contributed by atoms with van der Waals surface area (Å²) in [6.45, 7) is 0. The summed E-state index contributed by atoms with van der Waals surface area (Å²) in [5.74, 6) is 2.44. The third kappa shape index (κ3) is 3.10. The fourth-order valence-electron chi connectivity index (χ4n) is 5.09. The molecule has 0 unspecified atom stereocenters. The number of aliphatic hydroxyl groups excluding tert-OH is 1. The van der Waals surface area contributed by atoms with E-state index in [4.69, 9.17) is 4.74 Å². The highest BCUT2D eigenvalue weighted by Crippen LogP contribution is 2.48. The molecule has 146 valence electrons. The number of rotatable bonds is 5. The molecule has 2 aliphatic carbocycles. The average Bonchev–Trinajstić information content (AvgIpc) is 3.49. The van der Waals surface area contributed by atoms with Gasteiger partial charge in [-0.3, -0.25) is 0 Å². The van der Waals surface area contributed by atoms with E-state index in [0.29, 0.717) is 17.8 Å². The molecule has 2 aromatic heterocycles. The minimum absolute atomic E-state index is 0.310. The van der Waals surface area contributed by atoms with Crippen LogP contribution in [0.4, 0.5) is 0 Å². The highest BCUT2D eigenvalue weighted by Gasteiger charge is 2.34. The van der Waals surface area contributed by atoms with Gasteiger partial charge in [-0.1, -0.05) is 18.2 Å². The second kappa shape index (κ2) is 7.25. The quantitative estimate of drug-likeness (QED) is 0.663. The molecule has 2 fully saturated rings.